The molecule has 2 heterocycles. The van der Waals surface area contributed by atoms with Crippen molar-refractivity contribution in [3.63, 3.8) is 0 Å². The Morgan fingerprint density at radius 2 is 2.00 bits per heavy atom. The number of aromatic nitrogens is 1. The van der Waals surface area contributed by atoms with Crippen molar-refractivity contribution in [2.45, 2.75) is 52.6 Å². The molecular formula is C17H25ClN2O4S. The number of halogens is 1. The minimum Gasteiger partial charge on any atom is -0.466 e. The summed E-state index contributed by atoms with van der Waals surface area (Å²) in [6.07, 6.45) is 2.94. The average molecular weight is 389 g/mol. The van der Waals surface area contributed by atoms with Gasteiger partial charge < -0.3 is 14.4 Å². The van der Waals surface area contributed by atoms with Crippen LogP contribution < -0.4 is 0 Å². The fraction of sp³-hybridized carbons (Fsp3) is 0.706. The molecular weight excluding hydrogens is 364 g/mol. The number of likely N-dealkylation sites (tertiary alicyclic amines) is 1. The molecule has 0 aromatic carbocycles. The second-order valence-electron chi connectivity index (χ2n) is 7.22. The van der Waals surface area contributed by atoms with Crippen LogP contribution in [0.25, 0.3) is 0 Å². The summed E-state index contributed by atoms with van der Waals surface area (Å²) in [6.45, 7) is 8.56. The van der Waals surface area contributed by atoms with E-state index in [1.807, 2.05) is 20.8 Å². The van der Waals surface area contributed by atoms with E-state index in [0.29, 0.717) is 43.4 Å². The van der Waals surface area contributed by atoms with Gasteiger partial charge in [0, 0.05) is 24.2 Å². The molecule has 25 heavy (non-hydrogen) atoms. The number of thiazole rings is 1. The molecule has 1 fully saturated rings. The van der Waals surface area contributed by atoms with Gasteiger partial charge in [0.1, 0.15) is 5.60 Å². The number of piperidine rings is 1. The highest BCUT2D eigenvalue weighted by molar-refractivity contribution is 7.15. The van der Waals surface area contributed by atoms with Crippen LogP contribution in [0.4, 0.5) is 4.79 Å². The van der Waals surface area contributed by atoms with E-state index in [1.54, 1.807) is 18.0 Å². The van der Waals surface area contributed by atoms with Crippen LogP contribution >= 0.6 is 22.9 Å². The quantitative estimate of drug-likeness (QED) is 0.731. The van der Waals surface area contributed by atoms with Gasteiger partial charge in [-0.15, -0.1) is 11.3 Å². The Kier molecular flexibility index (Phi) is 6.32. The third-order valence-corrected chi connectivity index (χ3v) is 5.23. The van der Waals surface area contributed by atoms with E-state index in [1.165, 1.54) is 11.3 Å². The summed E-state index contributed by atoms with van der Waals surface area (Å²) in [5, 5.41) is 0. The highest BCUT2D eigenvalue weighted by atomic mass is 35.5. The molecule has 0 saturated carbocycles. The van der Waals surface area contributed by atoms with Crippen LogP contribution in [-0.2, 0) is 20.7 Å². The lowest BCUT2D eigenvalue weighted by Crippen LogP contribution is -2.49. The zero-order chi connectivity index (χ0) is 18.7. The SMILES string of the molecule is CCOC(=O)C1(Cc2cnc(Cl)s2)CCN(C(=O)OC(C)(C)C)CC1. The summed E-state index contributed by atoms with van der Waals surface area (Å²) in [5.74, 6) is -0.219. The monoisotopic (exact) mass is 388 g/mol. The summed E-state index contributed by atoms with van der Waals surface area (Å²) in [5.41, 5.74) is -1.18. The van der Waals surface area contributed by atoms with Gasteiger partial charge in [0.25, 0.3) is 0 Å². The largest absolute Gasteiger partial charge is 0.466 e. The van der Waals surface area contributed by atoms with Gasteiger partial charge in [-0.05, 0) is 47.0 Å². The standard InChI is InChI=1S/C17H25ClN2O4S/c1-5-23-13(21)17(10-12-11-19-14(18)25-12)6-8-20(9-7-17)15(22)24-16(2,3)4/h11H,5-10H2,1-4H3. The molecule has 0 bridgehead atoms. The molecule has 0 aliphatic carbocycles. The molecule has 1 aromatic rings. The lowest BCUT2D eigenvalue weighted by atomic mass is 9.75. The van der Waals surface area contributed by atoms with Crippen molar-refractivity contribution >= 4 is 35.0 Å². The minimum absolute atomic E-state index is 0.219. The molecule has 0 atom stereocenters. The van der Waals surface area contributed by atoms with Crippen molar-refractivity contribution < 1.29 is 19.1 Å². The molecule has 1 aromatic heterocycles. The summed E-state index contributed by atoms with van der Waals surface area (Å²) in [4.78, 5) is 31.5. The Morgan fingerprint density at radius 3 is 2.48 bits per heavy atom. The molecule has 0 spiro atoms. The normalized spacial score (nSPS) is 17.2. The first kappa shape index (κ1) is 20.0. The molecule has 0 unspecified atom stereocenters. The van der Waals surface area contributed by atoms with Crippen molar-refractivity contribution in [1.82, 2.24) is 9.88 Å². The summed E-state index contributed by atoms with van der Waals surface area (Å²) in [6, 6.07) is 0. The van der Waals surface area contributed by atoms with Crippen LogP contribution in [-0.4, -0.2) is 47.2 Å². The molecule has 0 radical (unpaired) electrons. The van der Waals surface area contributed by atoms with Crippen molar-refractivity contribution in [1.29, 1.82) is 0 Å². The Morgan fingerprint density at radius 1 is 1.36 bits per heavy atom. The Bertz CT molecular complexity index is 618. The van der Waals surface area contributed by atoms with Crippen LogP contribution in [0.15, 0.2) is 6.20 Å². The molecule has 2 rings (SSSR count). The van der Waals surface area contributed by atoms with E-state index in [2.05, 4.69) is 4.98 Å². The van der Waals surface area contributed by atoms with Crippen LogP contribution in [0.5, 0.6) is 0 Å². The van der Waals surface area contributed by atoms with Gasteiger partial charge in [0.2, 0.25) is 0 Å². The van der Waals surface area contributed by atoms with E-state index in [9.17, 15) is 9.59 Å². The molecule has 1 aliphatic heterocycles. The van der Waals surface area contributed by atoms with E-state index in [4.69, 9.17) is 21.1 Å². The van der Waals surface area contributed by atoms with Crippen LogP contribution in [0.2, 0.25) is 4.47 Å². The highest BCUT2D eigenvalue weighted by Crippen LogP contribution is 2.38. The fourth-order valence-corrected chi connectivity index (χ4v) is 4.00. The summed E-state index contributed by atoms with van der Waals surface area (Å²) < 4.78 is 11.2. The predicted octanol–water partition coefficient (Wildman–Crippen LogP) is 3.92. The molecule has 1 amide bonds. The van der Waals surface area contributed by atoms with Crippen LogP contribution in [0, 0.1) is 5.41 Å². The Balaban J connectivity index is 2.09. The number of rotatable bonds is 4. The van der Waals surface area contributed by atoms with Gasteiger partial charge in [-0.1, -0.05) is 11.6 Å². The number of amides is 1. The van der Waals surface area contributed by atoms with Gasteiger partial charge >= 0.3 is 12.1 Å². The maximum Gasteiger partial charge on any atom is 0.410 e. The lowest BCUT2D eigenvalue weighted by molar-refractivity contribution is -0.158. The van der Waals surface area contributed by atoms with Crippen molar-refractivity contribution in [2.75, 3.05) is 19.7 Å². The Hall–Kier alpha value is -1.34. The number of hydrogen-bond acceptors (Lipinski definition) is 6. The summed E-state index contributed by atoms with van der Waals surface area (Å²) in [7, 11) is 0. The average Bonchev–Trinajstić information content (AvgIpc) is 2.91. The maximum absolute atomic E-state index is 12.6. The van der Waals surface area contributed by atoms with Gasteiger partial charge in [-0.25, -0.2) is 9.78 Å². The second-order valence-corrected chi connectivity index (χ2v) is 8.92. The number of ether oxygens (including phenoxy) is 2. The zero-order valence-electron chi connectivity index (χ0n) is 15.1. The van der Waals surface area contributed by atoms with E-state index in [0.717, 1.165) is 4.88 Å². The highest BCUT2D eigenvalue weighted by Gasteiger charge is 2.44. The molecule has 0 N–H and O–H groups in total. The van der Waals surface area contributed by atoms with Gasteiger partial charge in [0.15, 0.2) is 4.47 Å². The van der Waals surface area contributed by atoms with Crippen molar-refractivity contribution in [3.05, 3.63) is 15.5 Å². The maximum atomic E-state index is 12.6. The number of carbonyl (C=O) groups is 2. The number of hydrogen-bond donors (Lipinski definition) is 0. The predicted molar refractivity (Wildman–Crippen MR) is 96.9 cm³/mol. The molecule has 1 aliphatic rings. The second kappa shape index (κ2) is 7.91. The van der Waals surface area contributed by atoms with E-state index < -0.39 is 11.0 Å². The summed E-state index contributed by atoms with van der Waals surface area (Å²) >= 11 is 7.28. The van der Waals surface area contributed by atoms with Crippen molar-refractivity contribution in [3.8, 4) is 0 Å². The smallest absolute Gasteiger partial charge is 0.410 e. The van der Waals surface area contributed by atoms with E-state index in [-0.39, 0.29) is 12.1 Å². The van der Waals surface area contributed by atoms with Crippen LogP contribution in [0.3, 0.4) is 0 Å². The topological polar surface area (TPSA) is 68.7 Å². The zero-order valence-corrected chi connectivity index (χ0v) is 16.7. The van der Waals surface area contributed by atoms with Gasteiger partial charge in [-0.2, -0.15) is 0 Å². The third kappa shape index (κ3) is 5.31. The first-order chi connectivity index (χ1) is 11.6. The van der Waals surface area contributed by atoms with E-state index >= 15 is 0 Å². The molecule has 1 saturated heterocycles. The fourth-order valence-electron chi connectivity index (χ4n) is 2.88. The van der Waals surface area contributed by atoms with Crippen molar-refractivity contribution in [2.24, 2.45) is 5.41 Å². The first-order valence-electron chi connectivity index (χ1n) is 8.40. The number of esters is 1. The van der Waals surface area contributed by atoms with Gasteiger partial charge in [-0.3, -0.25) is 4.79 Å². The number of carbonyl (C=O) groups excluding carboxylic acids is 2. The molecule has 6 nitrogen and oxygen atoms in total. The lowest BCUT2D eigenvalue weighted by Gasteiger charge is -2.40. The van der Waals surface area contributed by atoms with Gasteiger partial charge in [0.05, 0.1) is 12.0 Å². The number of nitrogens with zero attached hydrogens (tertiary/aromatic N) is 2. The molecule has 140 valence electrons. The first-order valence-corrected chi connectivity index (χ1v) is 9.60. The Labute approximate surface area is 157 Å². The molecule has 8 heteroatoms. The third-order valence-electron chi connectivity index (χ3n) is 4.12. The van der Waals surface area contributed by atoms with Crippen LogP contribution in [0.1, 0.15) is 45.4 Å². The minimum atomic E-state index is -0.648.